The molecule has 10 aromatic rings. The molecule has 0 unspecified atom stereocenters. The molecule has 0 saturated heterocycles. The van der Waals surface area contributed by atoms with Crippen LogP contribution in [0, 0.1) is 0 Å². The Bertz CT molecular complexity index is 3010. The molecule has 0 fully saturated rings. The number of benzene rings is 8. The van der Waals surface area contributed by atoms with Crippen LogP contribution in [0.2, 0.25) is 0 Å². The molecule has 0 aliphatic rings. The van der Waals surface area contributed by atoms with Crippen molar-refractivity contribution in [3.05, 3.63) is 182 Å². The number of aromatic nitrogens is 3. The van der Waals surface area contributed by atoms with Gasteiger partial charge in [-0.25, -0.2) is 0 Å². The Kier molecular flexibility index (Phi) is 7.95. The van der Waals surface area contributed by atoms with Gasteiger partial charge in [-0.05, 0) is 12.1 Å². The van der Waals surface area contributed by atoms with Gasteiger partial charge in [0.2, 0.25) is 0 Å². The zero-order valence-electron chi connectivity index (χ0n) is 29.0. The van der Waals surface area contributed by atoms with Crippen LogP contribution in [-0.4, -0.2) is 31.0 Å². The van der Waals surface area contributed by atoms with Crippen LogP contribution in [0.1, 0.15) is 0 Å². The summed E-state index contributed by atoms with van der Waals surface area (Å²) in [6.07, 6.45) is 0. The molecule has 4 nitrogen and oxygen atoms in total. The van der Waals surface area contributed by atoms with Crippen molar-refractivity contribution in [1.82, 2.24) is 15.0 Å². The van der Waals surface area contributed by atoms with Gasteiger partial charge in [0.05, 0.1) is 0 Å². The first-order valence-electron chi connectivity index (χ1n) is 17.9. The van der Waals surface area contributed by atoms with Crippen molar-refractivity contribution in [3.63, 3.8) is 0 Å². The fourth-order valence-electron chi connectivity index (χ4n) is 7.52. The molecule has 5 heteroatoms. The molecule has 54 heavy (non-hydrogen) atoms. The summed E-state index contributed by atoms with van der Waals surface area (Å²) in [6.45, 7) is 0. The third kappa shape index (κ3) is 5.59. The molecule has 0 bridgehead atoms. The quantitative estimate of drug-likeness (QED) is 0.159. The Morgan fingerprint density at radius 3 is 1.65 bits per heavy atom. The van der Waals surface area contributed by atoms with Crippen LogP contribution in [0.15, 0.2) is 186 Å². The average Bonchev–Trinajstić information content (AvgIpc) is 3.63. The van der Waals surface area contributed by atoms with Gasteiger partial charge in [-0.15, -0.1) is 0 Å². The fourth-order valence-corrected chi connectivity index (χ4v) is 8.36. The Labute approximate surface area is 320 Å². The van der Waals surface area contributed by atoms with Crippen LogP contribution in [0.4, 0.5) is 0 Å². The minimum atomic E-state index is 0.600. The van der Waals surface area contributed by atoms with E-state index in [9.17, 15) is 0 Å². The molecule has 0 atom stereocenters. The van der Waals surface area contributed by atoms with E-state index in [0.717, 1.165) is 55.0 Å². The summed E-state index contributed by atoms with van der Waals surface area (Å²) in [5, 5.41) is 4.22. The van der Waals surface area contributed by atoms with Crippen molar-refractivity contribution in [3.8, 4) is 67.5 Å². The van der Waals surface area contributed by atoms with Crippen molar-refractivity contribution < 1.29 is 4.42 Å². The van der Waals surface area contributed by atoms with Gasteiger partial charge in [0, 0.05) is 0 Å². The predicted molar refractivity (Wildman–Crippen MR) is 224 cm³/mol. The van der Waals surface area contributed by atoms with Gasteiger partial charge in [-0.3, -0.25) is 0 Å². The maximum atomic E-state index is 6.26. The normalized spacial score (nSPS) is 11.4. The summed E-state index contributed by atoms with van der Waals surface area (Å²) in [5.74, 6) is 1.83. The summed E-state index contributed by atoms with van der Waals surface area (Å²) in [5.41, 5.74) is 11.5. The van der Waals surface area contributed by atoms with E-state index in [1.807, 2.05) is 60.7 Å². The molecule has 0 saturated carbocycles. The van der Waals surface area contributed by atoms with Crippen LogP contribution in [0.3, 0.4) is 0 Å². The van der Waals surface area contributed by atoms with Gasteiger partial charge < -0.3 is 4.42 Å². The number of fused-ring (bicyclic) bond motifs is 4. The van der Waals surface area contributed by atoms with E-state index in [1.54, 1.807) is 0 Å². The molecular formula is C49H31N3OSe. The van der Waals surface area contributed by atoms with E-state index in [2.05, 4.69) is 137 Å². The Balaban J connectivity index is 1.14. The predicted octanol–water partition coefficient (Wildman–Crippen LogP) is 11.5. The first-order valence-corrected chi connectivity index (χ1v) is 18.9. The molecule has 2 aromatic heterocycles. The van der Waals surface area contributed by atoms with Crippen LogP contribution >= 0.6 is 0 Å². The third-order valence-electron chi connectivity index (χ3n) is 10.1. The molecular weight excluding hydrogens is 726 g/mol. The fraction of sp³-hybridized carbons (Fsp3) is 0. The van der Waals surface area contributed by atoms with Gasteiger partial charge in [0.15, 0.2) is 0 Å². The average molecular weight is 757 g/mol. The Hall–Kier alpha value is -6.65. The van der Waals surface area contributed by atoms with E-state index < -0.39 is 0 Å². The van der Waals surface area contributed by atoms with Crippen molar-refractivity contribution in [2.45, 2.75) is 0 Å². The number of rotatable bonds is 6. The first kappa shape index (κ1) is 32.0. The van der Waals surface area contributed by atoms with Gasteiger partial charge in [-0.2, -0.15) is 0 Å². The summed E-state index contributed by atoms with van der Waals surface area (Å²) in [7, 11) is 0. The van der Waals surface area contributed by atoms with Gasteiger partial charge in [-0.1, -0.05) is 24.3 Å². The molecule has 0 N–H and O–H groups in total. The van der Waals surface area contributed by atoms with Gasteiger partial charge in [0.25, 0.3) is 0 Å². The van der Waals surface area contributed by atoms with E-state index in [0.29, 0.717) is 17.5 Å². The minimum absolute atomic E-state index is 0.600. The van der Waals surface area contributed by atoms with Crippen LogP contribution in [-0.2, 0) is 0 Å². The molecule has 8 aromatic carbocycles. The second kappa shape index (κ2) is 13.4. The summed E-state index contributed by atoms with van der Waals surface area (Å²) >= 11 is 2.84. The standard InChI is InChI=1S/C49H31N3OSe/c54-46-35(34-19-9-18-33(30-34)31-14-3-1-4-15-31)21-10-25-39(46)37-23-11-24-38-36(37)22-12-26-40(38)48-50-47(32-16-5-2-6-17-32)51-49(52-48)42-27-13-29-44-45(42)41-20-7-8-28-43(41)53-44/h1-30,54H. The van der Waals surface area contributed by atoms with Crippen molar-refractivity contribution in [2.75, 3.05) is 0 Å². The third-order valence-corrected chi connectivity index (χ3v) is 11.1. The zero-order chi connectivity index (χ0) is 36.0. The molecule has 254 valence electrons. The van der Waals surface area contributed by atoms with Crippen molar-refractivity contribution in [2.24, 2.45) is 0 Å². The van der Waals surface area contributed by atoms with Crippen molar-refractivity contribution in [1.29, 1.82) is 0 Å². The van der Waals surface area contributed by atoms with Crippen LogP contribution < -0.4 is 4.46 Å². The van der Waals surface area contributed by atoms with Crippen LogP contribution in [0.25, 0.3) is 100 Å². The van der Waals surface area contributed by atoms with E-state index in [-0.39, 0.29) is 0 Å². The topological polar surface area (TPSA) is 51.8 Å². The number of hydrogen-bond acceptors (Lipinski definition) is 4. The van der Waals surface area contributed by atoms with Crippen molar-refractivity contribution >= 4 is 53.2 Å². The Morgan fingerprint density at radius 2 is 0.833 bits per heavy atom. The number of nitrogens with zero attached hydrogens (tertiary/aromatic N) is 3. The maximum absolute atomic E-state index is 6.26. The Morgan fingerprint density at radius 1 is 0.333 bits per heavy atom. The first-order chi connectivity index (χ1) is 26.7. The second-order valence-corrected chi connectivity index (χ2v) is 14.2. The molecule has 0 aliphatic carbocycles. The van der Waals surface area contributed by atoms with E-state index >= 15 is 0 Å². The molecule has 2 heterocycles. The summed E-state index contributed by atoms with van der Waals surface area (Å²) < 4.78 is 7.43. The molecule has 0 radical (unpaired) electrons. The SMILES string of the molecule is [SeH]c1c(-c2cccc(-c3ccccc3)c2)cccc1-c1cccc2c(-c3nc(-c4ccccc4)nc(-c4cccc5oc6ccccc6c45)n3)cccc12. The molecule has 10 rings (SSSR count). The number of hydrogen-bond donors (Lipinski definition) is 0. The number of para-hydroxylation sites is 1. The van der Waals surface area contributed by atoms with E-state index in [4.69, 9.17) is 19.4 Å². The molecule has 0 amide bonds. The number of furan rings is 1. The zero-order valence-corrected chi connectivity index (χ0v) is 30.9. The van der Waals surface area contributed by atoms with Crippen LogP contribution in [0.5, 0.6) is 0 Å². The molecule has 0 aliphatic heterocycles. The summed E-state index contributed by atoms with van der Waals surface area (Å²) in [4.78, 5) is 15.5. The summed E-state index contributed by atoms with van der Waals surface area (Å²) in [6, 6.07) is 63.1. The second-order valence-electron chi connectivity index (χ2n) is 13.3. The monoisotopic (exact) mass is 757 g/mol. The van der Waals surface area contributed by atoms with Gasteiger partial charge >= 0.3 is 276 Å². The molecule has 0 spiro atoms. The van der Waals surface area contributed by atoms with E-state index in [1.165, 1.54) is 32.3 Å². The van der Waals surface area contributed by atoms with Gasteiger partial charge in [0.1, 0.15) is 5.58 Å².